The number of hydrogen-bond acceptors (Lipinski definition) is 6. The highest BCUT2D eigenvalue weighted by Crippen LogP contribution is 2.08. The summed E-state index contributed by atoms with van der Waals surface area (Å²) in [7, 11) is -2.97. The Morgan fingerprint density at radius 1 is 1.42 bits per heavy atom. The molecule has 0 aromatic heterocycles. The second kappa shape index (κ2) is 11.6. The van der Waals surface area contributed by atoms with E-state index in [4.69, 9.17) is 14.2 Å². The fourth-order valence-electron chi connectivity index (χ4n) is 2.05. The molecule has 0 radical (unpaired) electrons. The average molecular weight is 365 g/mol. The van der Waals surface area contributed by atoms with Crippen LogP contribution in [-0.4, -0.2) is 84.7 Å². The van der Waals surface area contributed by atoms with Gasteiger partial charge in [-0.25, -0.2) is 8.42 Å². The van der Waals surface area contributed by atoms with Crippen LogP contribution in [0.2, 0.25) is 0 Å². The van der Waals surface area contributed by atoms with E-state index in [0.29, 0.717) is 32.3 Å². The molecule has 1 aliphatic heterocycles. The molecule has 0 aromatic carbocycles. The number of hydrogen-bond donors (Lipinski definition) is 2. The van der Waals surface area contributed by atoms with Crippen LogP contribution in [-0.2, 0) is 24.0 Å². The van der Waals surface area contributed by atoms with Crippen LogP contribution < -0.4 is 10.6 Å². The highest BCUT2D eigenvalue weighted by atomic mass is 32.2. The predicted molar refractivity (Wildman–Crippen MR) is 94.3 cm³/mol. The fraction of sp³-hybridized carbons (Fsp3) is 0.933. The van der Waals surface area contributed by atoms with E-state index in [1.807, 2.05) is 13.8 Å². The van der Waals surface area contributed by atoms with Gasteiger partial charge in [0.05, 0.1) is 44.8 Å². The normalized spacial score (nSPS) is 20.1. The summed E-state index contributed by atoms with van der Waals surface area (Å²) in [5, 5.41) is 6.44. The van der Waals surface area contributed by atoms with Crippen molar-refractivity contribution in [3.8, 4) is 0 Å². The van der Waals surface area contributed by atoms with Crippen molar-refractivity contribution in [2.75, 3.05) is 58.1 Å². The van der Waals surface area contributed by atoms with E-state index in [0.717, 1.165) is 19.6 Å². The van der Waals surface area contributed by atoms with E-state index in [-0.39, 0.29) is 24.5 Å². The Morgan fingerprint density at radius 3 is 2.83 bits per heavy atom. The Hall–Kier alpha value is -0.900. The third-order valence-electron chi connectivity index (χ3n) is 3.30. The van der Waals surface area contributed by atoms with Crippen LogP contribution in [0, 0.1) is 0 Å². The molecule has 1 fully saturated rings. The summed E-state index contributed by atoms with van der Waals surface area (Å²) < 4.78 is 38.3. The Balaban J connectivity index is 2.22. The first kappa shape index (κ1) is 21.1. The topological polar surface area (TPSA) is 98.3 Å². The van der Waals surface area contributed by atoms with Crippen LogP contribution in [0.3, 0.4) is 0 Å². The van der Waals surface area contributed by atoms with Crippen LogP contribution >= 0.6 is 0 Å². The average Bonchev–Trinajstić information content (AvgIpc) is 3.01. The molecule has 0 saturated carbocycles. The predicted octanol–water partition coefficient (Wildman–Crippen LogP) is -0.203. The molecule has 0 spiro atoms. The number of guanidine groups is 1. The minimum atomic E-state index is -2.97. The molecular weight excluding hydrogens is 334 g/mol. The molecule has 1 saturated heterocycles. The van der Waals surface area contributed by atoms with Gasteiger partial charge in [-0.3, -0.25) is 4.99 Å². The van der Waals surface area contributed by atoms with Crippen LogP contribution in [0.5, 0.6) is 0 Å². The summed E-state index contributed by atoms with van der Waals surface area (Å²) >= 11 is 0. The van der Waals surface area contributed by atoms with Crippen molar-refractivity contribution in [1.82, 2.24) is 10.6 Å². The Labute approximate surface area is 145 Å². The SMILES string of the molecule is CCNC(=NCCOCCS(C)(=O)=O)NC(C)COC1CCOC1. The molecule has 2 unspecified atom stereocenters. The minimum Gasteiger partial charge on any atom is -0.379 e. The Morgan fingerprint density at radius 2 is 2.21 bits per heavy atom. The first-order valence-corrected chi connectivity index (χ1v) is 10.5. The van der Waals surface area contributed by atoms with E-state index >= 15 is 0 Å². The lowest BCUT2D eigenvalue weighted by molar-refractivity contribution is 0.0347. The zero-order valence-electron chi connectivity index (χ0n) is 14.9. The molecule has 1 rings (SSSR count). The lowest BCUT2D eigenvalue weighted by Crippen LogP contribution is -2.44. The van der Waals surface area contributed by atoms with Gasteiger partial charge in [-0.15, -0.1) is 0 Å². The highest BCUT2D eigenvalue weighted by Gasteiger charge is 2.17. The largest absolute Gasteiger partial charge is 0.379 e. The standard InChI is InChI=1S/C15H31N3O5S/c1-4-16-15(17-6-8-21-9-10-24(3,19)20)18-13(2)11-23-14-5-7-22-12-14/h13-14H,4-12H2,1-3H3,(H2,16,17,18). The monoisotopic (exact) mass is 365 g/mol. The molecule has 142 valence electrons. The second-order valence-electron chi connectivity index (χ2n) is 5.87. The summed E-state index contributed by atoms with van der Waals surface area (Å²) in [5.41, 5.74) is 0. The van der Waals surface area contributed by atoms with Gasteiger partial charge >= 0.3 is 0 Å². The van der Waals surface area contributed by atoms with Crippen LogP contribution in [0.4, 0.5) is 0 Å². The van der Waals surface area contributed by atoms with E-state index in [9.17, 15) is 8.42 Å². The first-order chi connectivity index (χ1) is 11.4. The van der Waals surface area contributed by atoms with Gasteiger partial charge in [0.2, 0.25) is 0 Å². The van der Waals surface area contributed by atoms with Crippen molar-refractivity contribution < 1.29 is 22.6 Å². The van der Waals surface area contributed by atoms with E-state index in [1.54, 1.807) is 0 Å². The molecule has 9 heteroatoms. The van der Waals surface area contributed by atoms with Gasteiger partial charge in [0.15, 0.2) is 5.96 Å². The molecule has 0 aromatic rings. The first-order valence-electron chi connectivity index (χ1n) is 8.40. The summed E-state index contributed by atoms with van der Waals surface area (Å²) in [6.07, 6.45) is 2.34. The second-order valence-corrected chi connectivity index (χ2v) is 8.13. The summed E-state index contributed by atoms with van der Waals surface area (Å²) in [5.74, 6) is 0.733. The maximum absolute atomic E-state index is 11.0. The van der Waals surface area contributed by atoms with E-state index in [2.05, 4.69) is 15.6 Å². The maximum Gasteiger partial charge on any atom is 0.191 e. The molecule has 0 aliphatic carbocycles. The zero-order chi connectivity index (χ0) is 17.8. The lowest BCUT2D eigenvalue weighted by atomic mass is 10.3. The third-order valence-corrected chi connectivity index (χ3v) is 4.21. The summed E-state index contributed by atoms with van der Waals surface area (Å²) in [4.78, 5) is 4.41. The molecule has 1 aliphatic rings. The molecule has 0 amide bonds. The van der Waals surface area contributed by atoms with Crippen molar-refractivity contribution in [3.05, 3.63) is 0 Å². The number of nitrogens with one attached hydrogen (secondary N) is 2. The Kier molecular flexibility index (Phi) is 10.2. The van der Waals surface area contributed by atoms with Gasteiger partial charge in [-0.2, -0.15) is 0 Å². The van der Waals surface area contributed by atoms with Gasteiger partial charge in [-0.1, -0.05) is 0 Å². The molecule has 2 N–H and O–H groups in total. The fourth-order valence-corrected chi connectivity index (χ4v) is 2.47. The smallest absolute Gasteiger partial charge is 0.191 e. The third kappa shape index (κ3) is 10.8. The van der Waals surface area contributed by atoms with Crippen LogP contribution in [0.15, 0.2) is 4.99 Å². The van der Waals surface area contributed by atoms with Crippen molar-refractivity contribution in [2.24, 2.45) is 4.99 Å². The van der Waals surface area contributed by atoms with Gasteiger partial charge in [0.1, 0.15) is 9.84 Å². The van der Waals surface area contributed by atoms with Crippen molar-refractivity contribution in [2.45, 2.75) is 32.4 Å². The van der Waals surface area contributed by atoms with Gasteiger partial charge < -0.3 is 24.8 Å². The summed E-state index contributed by atoms with van der Waals surface area (Å²) in [6.45, 7) is 7.86. The number of nitrogens with zero attached hydrogens (tertiary/aromatic N) is 1. The van der Waals surface area contributed by atoms with Crippen molar-refractivity contribution in [1.29, 1.82) is 0 Å². The molecule has 24 heavy (non-hydrogen) atoms. The van der Waals surface area contributed by atoms with Gasteiger partial charge in [-0.05, 0) is 20.3 Å². The number of sulfone groups is 1. The van der Waals surface area contributed by atoms with Crippen molar-refractivity contribution >= 4 is 15.8 Å². The number of ether oxygens (including phenoxy) is 3. The molecule has 0 bridgehead atoms. The molecular formula is C15H31N3O5S. The van der Waals surface area contributed by atoms with Crippen LogP contribution in [0.1, 0.15) is 20.3 Å². The Bertz CT molecular complexity index is 464. The number of aliphatic imine (C=N–C) groups is 1. The van der Waals surface area contributed by atoms with E-state index < -0.39 is 9.84 Å². The lowest BCUT2D eigenvalue weighted by Gasteiger charge is -2.19. The maximum atomic E-state index is 11.0. The van der Waals surface area contributed by atoms with Gasteiger partial charge in [0, 0.05) is 25.4 Å². The minimum absolute atomic E-state index is 0.0360. The molecule has 1 heterocycles. The van der Waals surface area contributed by atoms with Crippen LogP contribution in [0.25, 0.3) is 0 Å². The van der Waals surface area contributed by atoms with Gasteiger partial charge in [0.25, 0.3) is 0 Å². The molecule has 8 nitrogen and oxygen atoms in total. The highest BCUT2D eigenvalue weighted by molar-refractivity contribution is 7.90. The zero-order valence-corrected chi connectivity index (χ0v) is 15.7. The van der Waals surface area contributed by atoms with E-state index in [1.165, 1.54) is 6.26 Å². The quantitative estimate of drug-likeness (QED) is 0.297. The van der Waals surface area contributed by atoms with Crippen molar-refractivity contribution in [3.63, 3.8) is 0 Å². The summed E-state index contributed by atoms with van der Waals surface area (Å²) in [6, 6.07) is 0.120. The molecule has 2 atom stereocenters. The number of rotatable bonds is 11.